The molecule has 2 saturated heterocycles. The van der Waals surface area contributed by atoms with Gasteiger partial charge in [0.05, 0.1) is 11.8 Å². The van der Waals surface area contributed by atoms with Crippen LogP contribution < -0.4 is 0 Å². The molecule has 2 fully saturated rings. The number of amides is 1. The highest BCUT2D eigenvalue weighted by molar-refractivity contribution is 5.94. The van der Waals surface area contributed by atoms with Crippen LogP contribution in [0.3, 0.4) is 0 Å². The van der Waals surface area contributed by atoms with Crippen molar-refractivity contribution in [2.24, 2.45) is 0 Å². The number of hydrogen-bond donors (Lipinski definition) is 0. The molecule has 2 atom stereocenters. The van der Waals surface area contributed by atoms with Gasteiger partial charge in [-0.1, -0.05) is 6.92 Å². The molecule has 0 aliphatic carbocycles. The summed E-state index contributed by atoms with van der Waals surface area (Å²) >= 11 is 0. The van der Waals surface area contributed by atoms with Crippen LogP contribution in [0, 0.1) is 0 Å². The van der Waals surface area contributed by atoms with Crippen molar-refractivity contribution in [1.82, 2.24) is 9.80 Å². The second-order valence-electron chi connectivity index (χ2n) is 5.56. The van der Waals surface area contributed by atoms with Crippen molar-refractivity contribution in [2.45, 2.75) is 44.7 Å². The monoisotopic (exact) mass is 262 g/mol. The molecule has 1 aromatic rings. The first-order chi connectivity index (χ1) is 9.31. The highest BCUT2D eigenvalue weighted by atomic mass is 16.3. The SMILES string of the molecule is CCN1CCCC1C1CCCN1C(=O)c1ccoc1. The van der Waals surface area contributed by atoms with E-state index < -0.39 is 0 Å². The molecule has 1 aromatic heterocycles. The molecule has 2 unspecified atom stereocenters. The Balaban J connectivity index is 1.76. The molecule has 3 rings (SSSR count). The first kappa shape index (κ1) is 12.7. The van der Waals surface area contributed by atoms with Gasteiger partial charge in [0.15, 0.2) is 0 Å². The average molecular weight is 262 g/mol. The lowest BCUT2D eigenvalue weighted by atomic mass is 10.0. The first-order valence-electron chi connectivity index (χ1n) is 7.38. The van der Waals surface area contributed by atoms with Crippen LogP contribution in [0.2, 0.25) is 0 Å². The maximum absolute atomic E-state index is 12.5. The van der Waals surface area contributed by atoms with E-state index in [1.165, 1.54) is 19.4 Å². The first-order valence-corrected chi connectivity index (χ1v) is 7.38. The van der Waals surface area contributed by atoms with E-state index in [0.717, 1.165) is 25.9 Å². The lowest BCUT2D eigenvalue weighted by Crippen LogP contribution is -2.48. The van der Waals surface area contributed by atoms with Crippen LogP contribution in [0.5, 0.6) is 0 Å². The maximum Gasteiger partial charge on any atom is 0.257 e. The van der Waals surface area contributed by atoms with Gasteiger partial charge in [0.1, 0.15) is 6.26 Å². The minimum absolute atomic E-state index is 0.138. The number of hydrogen-bond acceptors (Lipinski definition) is 3. The van der Waals surface area contributed by atoms with Gasteiger partial charge in [-0.15, -0.1) is 0 Å². The fourth-order valence-electron chi connectivity index (χ4n) is 3.68. The van der Waals surface area contributed by atoms with Crippen molar-refractivity contribution in [1.29, 1.82) is 0 Å². The zero-order valence-electron chi connectivity index (χ0n) is 11.5. The van der Waals surface area contributed by atoms with E-state index in [9.17, 15) is 4.79 Å². The predicted octanol–water partition coefficient (Wildman–Crippen LogP) is 2.37. The Morgan fingerprint density at radius 2 is 2.11 bits per heavy atom. The van der Waals surface area contributed by atoms with Gasteiger partial charge >= 0.3 is 0 Å². The Labute approximate surface area is 114 Å². The number of likely N-dealkylation sites (N-methyl/N-ethyl adjacent to an activating group) is 1. The second-order valence-corrected chi connectivity index (χ2v) is 5.56. The summed E-state index contributed by atoms with van der Waals surface area (Å²) in [6.07, 6.45) is 7.90. The Morgan fingerprint density at radius 3 is 2.84 bits per heavy atom. The molecule has 0 aromatic carbocycles. The summed E-state index contributed by atoms with van der Waals surface area (Å²) in [5.41, 5.74) is 0.688. The zero-order valence-corrected chi connectivity index (χ0v) is 11.5. The number of nitrogens with zero attached hydrogens (tertiary/aromatic N) is 2. The standard InChI is InChI=1S/C15H22N2O2/c1-2-16-8-3-5-13(16)14-6-4-9-17(14)15(18)12-7-10-19-11-12/h7,10-11,13-14H,2-6,8-9H2,1H3. The van der Waals surface area contributed by atoms with Crippen LogP contribution in [0.25, 0.3) is 0 Å². The van der Waals surface area contributed by atoms with Crippen LogP contribution in [0.4, 0.5) is 0 Å². The molecule has 104 valence electrons. The van der Waals surface area contributed by atoms with Crippen molar-refractivity contribution in [3.05, 3.63) is 24.2 Å². The van der Waals surface area contributed by atoms with E-state index in [2.05, 4.69) is 16.7 Å². The molecule has 4 nitrogen and oxygen atoms in total. The van der Waals surface area contributed by atoms with Crippen molar-refractivity contribution in [2.75, 3.05) is 19.6 Å². The molecular formula is C15H22N2O2. The van der Waals surface area contributed by atoms with E-state index in [-0.39, 0.29) is 5.91 Å². The molecule has 0 saturated carbocycles. The molecule has 19 heavy (non-hydrogen) atoms. The molecule has 0 radical (unpaired) electrons. The third-order valence-corrected chi connectivity index (χ3v) is 4.59. The van der Waals surface area contributed by atoms with Gasteiger partial charge in [-0.25, -0.2) is 0 Å². The smallest absolute Gasteiger partial charge is 0.257 e. The van der Waals surface area contributed by atoms with Gasteiger partial charge < -0.3 is 9.32 Å². The van der Waals surface area contributed by atoms with Crippen molar-refractivity contribution >= 4 is 5.91 Å². The van der Waals surface area contributed by atoms with Crippen molar-refractivity contribution in [3.63, 3.8) is 0 Å². The largest absolute Gasteiger partial charge is 0.472 e. The van der Waals surface area contributed by atoms with Crippen LogP contribution in [-0.2, 0) is 0 Å². The van der Waals surface area contributed by atoms with Crippen molar-refractivity contribution in [3.8, 4) is 0 Å². The quantitative estimate of drug-likeness (QED) is 0.839. The molecule has 0 spiro atoms. The van der Waals surface area contributed by atoms with E-state index in [1.54, 1.807) is 18.6 Å². The lowest BCUT2D eigenvalue weighted by Gasteiger charge is -2.34. The number of carbonyl (C=O) groups is 1. The van der Waals surface area contributed by atoms with Gasteiger partial charge in [-0.2, -0.15) is 0 Å². The molecule has 3 heterocycles. The number of furan rings is 1. The van der Waals surface area contributed by atoms with Gasteiger partial charge in [0.2, 0.25) is 0 Å². The number of rotatable bonds is 3. The highest BCUT2D eigenvalue weighted by Gasteiger charge is 2.39. The van der Waals surface area contributed by atoms with E-state index in [1.807, 2.05) is 0 Å². The summed E-state index contributed by atoms with van der Waals surface area (Å²) in [5, 5.41) is 0. The minimum Gasteiger partial charge on any atom is -0.472 e. The minimum atomic E-state index is 0.138. The third kappa shape index (κ3) is 2.29. The van der Waals surface area contributed by atoms with Crippen LogP contribution in [0.1, 0.15) is 43.0 Å². The molecule has 0 bridgehead atoms. The molecule has 1 amide bonds. The number of carbonyl (C=O) groups excluding carboxylic acids is 1. The van der Waals surface area contributed by atoms with Crippen molar-refractivity contribution < 1.29 is 9.21 Å². The van der Waals surface area contributed by atoms with E-state index in [4.69, 9.17) is 4.42 Å². The molecule has 0 N–H and O–H groups in total. The summed E-state index contributed by atoms with van der Waals surface area (Å²) in [5.74, 6) is 0.138. The predicted molar refractivity (Wildman–Crippen MR) is 73.0 cm³/mol. The van der Waals surface area contributed by atoms with Crippen LogP contribution in [0.15, 0.2) is 23.0 Å². The molecule has 4 heteroatoms. The summed E-state index contributed by atoms with van der Waals surface area (Å²) in [7, 11) is 0. The van der Waals surface area contributed by atoms with Gasteiger partial charge in [0, 0.05) is 18.6 Å². The Bertz CT molecular complexity index is 429. The fourth-order valence-corrected chi connectivity index (χ4v) is 3.68. The summed E-state index contributed by atoms with van der Waals surface area (Å²) in [4.78, 5) is 17.1. The zero-order chi connectivity index (χ0) is 13.2. The lowest BCUT2D eigenvalue weighted by molar-refractivity contribution is 0.0649. The third-order valence-electron chi connectivity index (χ3n) is 4.59. The summed E-state index contributed by atoms with van der Waals surface area (Å²) < 4.78 is 5.04. The van der Waals surface area contributed by atoms with Gasteiger partial charge in [0.25, 0.3) is 5.91 Å². The maximum atomic E-state index is 12.5. The number of likely N-dealkylation sites (tertiary alicyclic amines) is 2. The van der Waals surface area contributed by atoms with Gasteiger partial charge in [-0.3, -0.25) is 9.69 Å². The topological polar surface area (TPSA) is 36.7 Å². The average Bonchev–Trinajstić information content (AvgIpc) is 3.16. The van der Waals surface area contributed by atoms with E-state index in [0.29, 0.717) is 17.6 Å². The molecular weight excluding hydrogens is 240 g/mol. The summed E-state index contributed by atoms with van der Waals surface area (Å²) in [6.45, 7) is 5.39. The van der Waals surface area contributed by atoms with Gasteiger partial charge in [-0.05, 0) is 44.8 Å². The van der Waals surface area contributed by atoms with Crippen LogP contribution >= 0.6 is 0 Å². The van der Waals surface area contributed by atoms with Crippen LogP contribution in [-0.4, -0.2) is 47.4 Å². The second kappa shape index (κ2) is 5.37. The highest BCUT2D eigenvalue weighted by Crippen LogP contribution is 2.30. The fraction of sp³-hybridized carbons (Fsp3) is 0.667. The Morgan fingerprint density at radius 1 is 1.32 bits per heavy atom. The normalized spacial score (nSPS) is 28.2. The summed E-state index contributed by atoms with van der Waals surface area (Å²) in [6, 6.07) is 2.72. The van der Waals surface area contributed by atoms with E-state index >= 15 is 0 Å². The molecule has 2 aliphatic rings. The Hall–Kier alpha value is -1.29. The Kier molecular flexibility index (Phi) is 3.60. The molecule has 2 aliphatic heterocycles.